The predicted octanol–water partition coefficient (Wildman–Crippen LogP) is 5.06. The van der Waals surface area contributed by atoms with Gasteiger partial charge in [-0.3, -0.25) is 0 Å². The van der Waals surface area contributed by atoms with Gasteiger partial charge in [0.15, 0.2) is 0 Å². The van der Waals surface area contributed by atoms with E-state index in [1.165, 1.54) is 12.7 Å². The van der Waals surface area contributed by atoms with Crippen LogP contribution < -0.4 is 15.4 Å². The number of rotatable bonds is 5. The summed E-state index contributed by atoms with van der Waals surface area (Å²) >= 11 is 0. The summed E-state index contributed by atoms with van der Waals surface area (Å²) in [7, 11) is 1.53. The lowest BCUT2D eigenvalue weighted by Crippen LogP contribution is -2.45. The Labute approximate surface area is 180 Å². The fourth-order valence-corrected chi connectivity index (χ4v) is 4.41. The third kappa shape index (κ3) is 4.16. The molecule has 2 N–H and O–H groups in total. The molecule has 0 amide bonds. The zero-order chi connectivity index (χ0) is 22.1. The van der Waals surface area contributed by atoms with Crippen molar-refractivity contribution in [3.63, 3.8) is 0 Å². The highest BCUT2D eigenvalue weighted by molar-refractivity contribution is 5.61. The van der Waals surface area contributed by atoms with Crippen LogP contribution in [-0.2, 0) is 16.9 Å². The first-order chi connectivity index (χ1) is 14.8. The summed E-state index contributed by atoms with van der Waals surface area (Å²) in [6, 6.07) is 13.7. The van der Waals surface area contributed by atoms with Crippen molar-refractivity contribution in [2.45, 2.75) is 50.2 Å². The molecule has 2 aromatic carbocycles. The zero-order valence-corrected chi connectivity index (χ0v) is 17.6. The van der Waals surface area contributed by atoms with Gasteiger partial charge in [0.2, 0.25) is 5.60 Å². The molecule has 3 atom stereocenters. The Morgan fingerprint density at radius 2 is 2.00 bits per heavy atom. The van der Waals surface area contributed by atoms with Crippen molar-refractivity contribution < 1.29 is 22.6 Å². The number of halogens is 3. The summed E-state index contributed by atoms with van der Waals surface area (Å²) < 4.78 is 52.0. The Kier molecular flexibility index (Phi) is 5.99. The maximum absolute atomic E-state index is 13.8. The van der Waals surface area contributed by atoms with Crippen LogP contribution in [0.2, 0.25) is 0 Å². The van der Waals surface area contributed by atoms with Crippen LogP contribution in [0.25, 0.3) is 6.08 Å². The molecule has 2 aliphatic heterocycles. The predicted molar refractivity (Wildman–Crippen MR) is 114 cm³/mol. The molecule has 0 aromatic heterocycles. The number of nitrogens with one attached hydrogen (secondary N) is 2. The minimum absolute atomic E-state index is 0.0986. The molecule has 1 fully saturated rings. The number of methoxy groups -OCH3 is 1. The molecule has 166 valence electrons. The third-order valence-electron chi connectivity index (χ3n) is 6.23. The van der Waals surface area contributed by atoms with Crippen molar-refractivity contribution in [2.24, 2.45) is 0 Å². The van der Waals surface area contributed by atoms with Gasteiger partial charge in [0.05, 0.1) is 13.4 Å². The smallest absolute Gasteiger partial charge is 0.432 e. The maximum atomic E-state index is 13.8. The number of hydrogen-bond donors (Lipinski definition) is 2. The highest BCUT2D eigenvalue weighted by atomic mass is 19.4. The lowest BCUT2D eigenvalue weighted by molar-refractivity contribution is -0.261. The number of benzene rings is 2. The van der Waals surface area contributed by atoms with Crippen LogP contribution in [0.4, 0.5) is 13.2 Å². The van der Waals surface area contributed by atoms with E-state index in [1.54, 1.807) is 18.2 Å². The first-order valence-corrected chi connectivity index (χ1v) is 10.5. The van der Waals surface area contributed by atoms with Crippen LogP contribution in [-0.4, -0.2) is 25.9 Å². The van der Waals surface area contributed by atoms with Crippen LogP contribution in [0.3, 0.4) is 0 Å². The number of fused-ring (bicyclic) bond motifs is 1. The van der Waals surface area contributed by atoms with Crippen molar-refractivity contribution in [2.75, 3.05) is 13.7 Å². The minimum Gasteiger partial charge on any atom is -0.496 e. The van der Waals surface area contributed by atoms with Crippen molar-refractivity contribution in [3.8, 4) is 5.75 Å². The van der Waals surface area contributed by atoms with E-state index in [4.69, 9.17) is 9.47 Å². The van der Waals surface area contributed by atoms with Crippen molar-refractivity contribution in [1.82, 2.24) is 10.6 Å². The van der Waals surface area contributed by atoms with Crippen LogP contribution in [0.15, 0.2) is 48.7 Å². The van der Waals surface area contributed by atoms with Gasteiger partial charge in [-0.15, -0.1) is 0 Å². The molecule has 2 heterocycles. The first kappa shape index (κ1) is 21.7. The fraction of sp³-hybridized carbons (Fsp3) is 0.417. The SMILES string of the molecule is COc1cc2c(cc1CNC1CCCNC1c1ccccc1)C(C)(C(F)(F)F)OC=C2. The van der Waals surface area contributed by atoms with Crippen LogP contribution in [0.1, 0.15) is 48.1 Å². The second-order valence-electron chi connectivity index (χ2n) is 8.18. The molecule has 0 bridgehead atoms. The number of hydrogen-bond acceptors (Lipinski definition) is 4. The number of ether oxygens (including phenoxy) is 2. The standard InChI is InChI=1S/C24H27F3N2O2/c1-23(24(25,26)27)19-13-18(21(30-2)14-17(19)10-12-31-23)15-29-20-9-6-11-28-22(20)16-7-4-3-5-8-16/h3-5,7-8,10,12-14,20,22,28-29H,6,9,11,15H2,1-2H3. The normalized spacial score (nSPS) is 25.6. The molecule has 2 aliphatic rings. The summed E-state index contributed by atoms with van der Waals surface area (Å²) in [6.07, 6.45) is 0.112. The fourth-order valence-electron chi connectivity index (χ4n) is 4.41. The second kappa shape index (κ2) is 8.55. The minimum atomic E-state index is -4.54. The molecule has 0 radical (unpaired) electrons. The first-order valence-electron chi connectivity index (χ1n) is 10.5. The molecule has 1 saturated heterocycles. The molecule has 7 heteroatoms. The molecule has 3 unspecified atom stereocenters. The van der Waals surface area contributed by atoms with Crippen LogP contribution in [0.5, 0.6) is 5.75 Å². The molecule has 0 spiro atoms. The summed E-state index contributed by atoms with van der Waals surface area (Å²) in [6.45, 7) is 2.40. The van der Waals surface area contributed by atoms with Gasteiger partial charge in [-0.05, 0) is 55.6 Å². The molecule has 0 saturated carbocycles. The van der Waals surface area contributed by atoms with Gasteiger partial charge in [-0.25, -0.2) is 0 Å². The molecular weight excluding hydrogens is 405 g/mol. The Bertz CT molecular complexity index is 946. The van der Waals surface area contributed by atoms with Gasteiger partial charge >= 0.3 is 6.18 Å². The second-order valence-corrected chi connectivity index (χ2v) is 8.18. The highest BCUT2D eigenvalue weighted by Gasteiger charge is 2.56. The van der Waals surface area contributed by atoms with E-state index < -0.39 is 11.8 Å². The Morgan fingerprint density at radius 3 is 2.71 bits per heavy atom. The molecule has 0 aliphatic carbocycles. The molecule has 4 rings (SSSR count). The number of alkyl halides is 3. The van der Waals surface area contributed by atoms with Gasteiger partial charge in [-0.1, -0.05) is 30.3 Å². The summed E-state index contributed by atoms with van der Waals surface area (Å²) in [4.78, 5) is 0. The average Bonchev–Trinajstić information content (AvgIpc) is 2.77. The van der Waals surface area contributed by atoms with Gasteiger partial charge in [0.25, 0.3) is 0 Å². The van der Waals surface area contributed by atoms with Gasteiger partial charge in [0, 0.05) is 29.8 Å². The van der Waals surface area contributed by atoms with Crippen molar-refractivity contribution in [1.29, 1.82) is 0 Å². The maximum Gasteiger partial charge on any atom is 0.432 e. The lowest BCUT2D eigenvalue weighted by atomic mass is 9.87. The van der Waals surface area contributed by atoms with Crippen LogP contribution in [0, 0.1) is 0 Å². The molecular formula is C24H27F3N2O2. The van der Waals surface area contributed by atoms with E-state index in [2.05, 4.69) is 22.8 Å². The monoisotopic (exact) mass is 432 g/mol. The third-order valence-corrected chi connectivity index (χ3v) is 6.23. The summed E-state index contributed by atoms with van der Waals surface area (Å²) in [5.74, 6) is 0.558. The van der Waals surface area contributed by atoms with E-state index in [-0.39, 0.29) is 17.6 Å². The highest BCUT2D eigenvalue weighted by Crippen LogP contribution is 2.47. The number of piperidine rings is 1. The Morgan fingerprint density at radius 1 is 1.23 bits per heavy atom. The van der Waals surface area contributed by atoms with E-state index in [0.717, 1.165) is 32.6 Å². The molecule has 4 nitrogen and oxygen atoms in total. The van der Waals surface area contributed by atoms with E-state index in [0.29, 0.717) is 23.4 Å². The van der Waals surface area contributed by atoms with E-state index in [9.17, 15) is 13.2 Å². The van der Waals surface area contributed by atoms with Crippen LogP contribution >= 0.6 is 0 Å². The zero-order valence-electron chi connectivity index (χ0n) is 17.6. The summed E-state index contributed by atoms with van der Waals surface area (Å²) in [5.41, 5.74) is 0.0276. The topological polar surface area (TPSA) is 42.5 Å². The van der Waals surface area contributed by atoms with E-state index >= 15 is 0 Å². The largest absolute Gasteiger partial charge is 0.496 e. The van der Waals surface area contributed by atoms with E-state index in [1.807, 2.05) is 18.2 Å². The van der Waals surface area contributed by atoms with Crippen molar-refractivity contribution >= 4 is 6.08 Å². The lowest BCUT2D eigenvalue weighted by Gasteiger charge is -2.36. The molecule has 2 aromatic rings. The van der Waals surface area contributed by atoms with Gasteiger partial charge < -0.3 is 20.1 Å². The van der Waals surface area contributed by atoms with Crippen molar-refractivity contribution in [3.05, 3.63) is 71.0 Å². The summed E-state index contributed by atoms with van der Waals surface area (Å²) in [5, 5.41) is 7.11. The van der Waals surface area contributed by atoms with Gasteiger partial charge in [-0.2, -0.15) is 13.2 Å². The quantitative estimate of drug-likeness (QED) is 0.694. The Balaban J connectivity index is 1.61. The Hall–Kier alpha value is -2.51. The molecule has 31 heavy (non-hydrogen) atoms. The van der Waals surface area contributed by atoms with Gasteiger partial charge in [0.1, 0.15) is 5.75 Å². The average molecular weight is 432 g/mol.